The number of aromatic amines is 1. The molecule has 0 aliphatic heterocycles. The van der Waals surface area contributed by atoms with Crippen molar-refractivity contribution in [3.05, 3.63) is 58.9 Å². The number of methoxy groups -OCH3 is 2. The Morgan fingerprint density at radius 2 is 1.88 bits per heavy atom. The zero-order valence-corrected chi connectivity index (χ0v) is 14.0. The first kappa shape index (κ1) is 16.3. The second-order valence-corrected chi connectivity index (χ2v) is 5.58. The van der Waals surface area contributed by atoms with Crippen molar-refractivity contribution in [1.29, 1.82) is 0 Å². The van der Waals surface area contributed by atoms with Crippen molar-refractivity contribution in [3.63, 3.8) is 0 Å². The first-order chi connectivity index (χ1) is 11.6. The minimum absolute atomic E-state index is 0.467. The van der Waals surface area contributed by atoms with Crippen LogP contribution >= 0.6 is 11.6 Å². The van der Waals surface area contributed by atoms with Crippen LogP contribution in [-0.4, -0.2) is 29.4 Å². The van der Waals surface area contributed by atoms with Crippen LogP contribution in [-0.2, 0) is 0 Å². The van der Waals surface area contributed by atoms with E-state index in [4.69, 9.17) is 26.8 Å². The van der Waals surface area contributed by atoms with Gasteiger partial charge in [-0.2, -0.15) is 5.10 Å². The fourth-order valence-corrected chi connectivity index (χ4v) is 2.56. The number of H-pyrrole nitrogens is 1. The average molecular weight is 345 g/mol. The van der Waals surface area contributed by atoms with Crippen molar-refractivity contribution in [3.8, 4) is 22.9 Å². The number of nitrogens with one attached hydrogen (secondary N) is 1. The summed E-state index contributed by atoms with van der Waals surface area (Å²) in [6.45, 7) is 0. The minimum atomic E-state index is -0.467. The van der Waals surface area contributed by atoms with Gasteiger partial charge in [-0.15, -0.1) is 0 Å². The van der Waals surface area contributed by atoms with Gasteiger partial charge in [-0.25, -0.2) is 4.98 Å². The van der Waals surface area contributed by atoms with Gasteiger partial charge in [0.1, 0.15) is 5.82 Å². The number of nitrogens with two attached hydrogens (primary N) is 1. The standard InChI is InChI=1S/C17H17ClN4O2/c1-23-13-7-6-10(9-14(13)24-2)15(19)17-20-16(21-22-17)11-4-3-5-12(18)8-11/h3-9,15H,19H2,1-2H3,(H,20,21,22). The van der Waals surface area contributed by atoms with Crippen molar-refractivity contribution in [2.24, 2.45) is 5.73 Å². The molecule has 1 heterocycles. The number of nitrogens with zero attached hydrogens (tertiary/aromatic N) is 2. The molecule has 124 valence electrons. The van der Waals surface area contributed by atoms with E-state index >= 15 is 0 Å². The minimum Gasteiger partial charge on any atom is -0.493 e. The van der Waals surface area contributed by atoms with E-state index in [2.05, 4.69) is 15.2 Å². The molecule has 0 radical (unpaired) electrons. The number of hydrogen-bond donors (Lipinski definition) is 2. The Hall–Kier alpha value is -2.57. The molecule has 7 heteroatoms. The third-order valence-corrected chi connectivity index (χ3v) is 3.88. The lowest BCUT2D eigenvalue weighted by atomic mass is 10.1. The van der Waals surface area contributed by atoms with Gasteiger partial charge in [0.25, 0.3) is 0 Å². The number of hydrogen-bond acceptors (Lipinski definition) is 5. The summed E-state index contributed by atoms with van der Waals surface area (Å²) in [6.07, 6.45) is 0. The maximum absolute atomic E-state index is 6.30. The van der Waals surface area contributed by atoms with E-state index in [1.54, 1.807) is 26.4 Å². The van der Waals surface area contributed by atoms with Crippen LogP contribution in [0.25, 0.3) is 11.4 Å². The van der Waals surface area contributed by atoms with Crippen LogP contribution in [0.5, 0.6) is 11.5 Å². The highest BCUT2D eigenvalue weighted by Gasteiger charge is 2.17. The summed E-state index contributed by atoms with van der Waals surface area (Å²) in [5, 5.41) is 7.73. The number of aromatic nitrogens is 3. The summed E-state index contributed by atoms with van der Waals surface area (Å²) in [5.41, 5.74) is 7.95. The van der Waals surface area contributed by atoms with Crippen molar-refractivity contribution in [2.75, 3.05) is 14.2 Å². The molecule has 1 atom stereocenters. The molecule has 6 nitrogen and oxygen atoms in total. The van der Waals surface area contributed by atoms with Crippen LogP contribution in [0.4, 0.5) is 0 Å². The van der Waals surface area contributed by atoms with E-state index in [0.717, 1.165) is 11.1 Å². The Bertz CT molecular complexity index is 850. The second-order valence-electron chi connectivity index (χ2n) is 5.15. The first-order valence-corrected chi connectivity index (χ1v) is 7.66. The van der Waals surface area contributed by atoms with Gasteiger partial charge in [0.2, 0.25) is 0 Å². The van der Waals surface area contributed by atoms with Gasteiger partial charge >= 0.3 is 0 Å². The lowest BCUT2D eigenvalue weighted by molar-refractivity contribution is 0.354. The summed E-state index contributed by atoms with van der Waals surface area (Å²) >= 11 is 6.01. The van der Waals surface area contributed by atoms with Crippen molar-refractivity contribution < 1.29 is 9.47 Å². The third-order valence-electron chi connectivity index (χ3n) is 3.65. The normalized spacial score (nSPS) is 12.0. The zero-order valence-electron chi connectivity index (χ0n) is 13.3. The summed E-state index contributed by atoms with van der Waals surface area (Å²) in [6, 6.07) is 12.4. The van der Waals surface area contributed by atoms with Gasteiger partial charge in [-0.1, -0.05) is 29.8 Å². The highest BCUT2D eigenvalue weighted by Crippen LogP contribution is 2.31. The molecular weight excluding hydrogens is 328 g/mol. The second kappa shape index (κ2) is 6.90. The summed E-state index contributed by atoms with van der Waals surface area (Å²) in [7, 11) is 3.17. The quantitative estimate of drug-likeness (QED) is 0.742. The van der Waals surface area contributed by atoms with Crippen molar-refractivity contribution >= 4 is 11.6 Å². The van der Waals surface area contributed by atoms with Crippen LogP contribution in [0, 0.1) is 0 Å². The van der Waals surface area contributed by atoms with Crippen LogP contribution in [0.15, 0.2) is 42.5 Å². The molecule has 1 aromatic heterocycles. The van der Waals surface area contributed by atoms with E-state index in [0.29, 0.717) is 28.2 Å². The van der Waals surface area contributed by atoms with E-state index in [-0.39, 0.29) is 0 Å². The molecule has 3 N–H and O–H groups in total. The average Bonchev–Trinajstić information content (AvgIpc) is 3.10. The summed E-state index contributed by atoms with van der Waals surface area (Å²) in [4.78, 5) is 4.47. The van der Waals surface area contributed by atoms with Gasteiger partial charge < -0.3 is 15.2 Å². The molecule has 0 fully saturated rings. The summed E-state index contributed by atoms with van der Waals surface area (Å²) < 4.78 is 10.5. The Kier molecular flexibility index (Phi) is 4.69. The van der Waals surface area contributed by atoms with Crippen LogP contribution in [0.3, 0.4) is 0 Å². The third kappa shape index (κ3) is 3.20. The maximum Gasteiger partial charge on any atom is 0.181 e. The van der Waals surface area contributed by atoms with Gasteiger partial charge in [0, 0.05) is 10.6 Å². The van der Waals surface area contributed by atoms with Crippen molar-refractivity contribution in [1.82, 2.24) is 15.2 Å². The molecule has 3 rings (SSSR count). The van der Waals surface area contributed by atoms with E-state index in [1.165, 1.54) is 0 Å². The summed E-state index contributed by atoms with van der Waals surface area (Å²) in [5.74, 6) is 2.35. The molecule has 0 bridgehead atoms. The predicted octanol–water partition coefficient (Wildman–Crippen LogP) is 3.19. The maximum atomic E-state index is 6.30. The SMILES string of the molecule is COc1ccc(C(N)c2nc(-c3cccc(Cl)c3)n[nH]2)cc1OC. The van der Waals surface area contributed by atoms with Gasteiger partial charge in [-0.05, 0) is 29.8 Å². The fourth-order valence-electron chi connectivity index (χ4n) is 2.37. The van der Waals surface area contributed by atoms with E-state index < -0.39 is 6.04 Å². The molecule has 24 heavy (non-hydrogen) atoms. The molecule has 1 unspecified atom stereocenters. The topological polar surface area (TPSA) is 86.0 Å². The monoisotopic (exact) mass is 344 g/mol. The largest absolute Gasteiger partial charge is 0.493 e. The lowest BCUT2D eigenvalue weighted by Crippen LogP contribution is -2.14. The van der Waals surface area contributed by atoms with Gasteiger partial charge in [0.15, 0.2) is 17.3 Å². The molecule has 0 saturated carbocycles. The molecule has 0 spiro atoms. The Morgan fingerprint density at radius 3 is 2.58 bits per heavy atom. The highest BCUT2D eigenvalue weighted by atomic mass is 35.5. The number of halogens is 1. The molecule has 0 aliphatic rings. The smallest absolute Gasteiger partial charge is 0.181 e. The first-order valence-electron chi connectivity index (χ1n) is 7.28. The highest BCUT2D eigenvalue weighted by molar-refractivity contribution is 6.30. The van der Waals surface area contributed by atoms with Gasteiger partial charge in [-0.3, -0.25) is 5.10 Å². The number of ether oxygens (including phenoxy) is 2. The molecule has 0 aliphatic carbocycles. The fraction of sp³-hybridized carbons (Fsp3) is 0.176. The molecule has 0 saturated heterocycles. The number of benzene rings is 2. The predicted molar refractivity (Wildman–Crippen MR) is 92.4 cm³/mol. The van der Waals surface area contributed by atoms with Crippen LogP contribution in [0.2, 0.25) is 5.02 Å². The lowest BCUT2D eigenvalue weighted by Gasteiger charge is -2.13. The Labute approximate surface area is 144 Å². The zero-order chi connectivity index (χ0) is 17.1. The molecular formula is C17H17ClN4O2. The molecule has 3 aromatic rings. The molecule has 2 aromatic carbocycles. The van der Waals surface area contributed by atoms with Crippen LogP contribution in [0.1, 0.15) is 17.4 Å². The Morgan fingerprint density at radius 1 is 1.08 bits per heavy atom. The van der Waals surface area contributed by atoms with Gasteiger partial charge in [0.05, 0.1) is 20.3 Å². The number of rotatable bonds is 5. The van der Waals surface area contributed by atoms with Crippen LogP contribution < -0.4 is 15.2 Å². The molecule has 0 amide bonds. The van der Waals surface area contributed by atoms with E-state index in [9.17, 15) is 0 Å². The Balaban J connectivity index is 1.90. The van der Waals surface area contributed by atoms with E-state index in [1.807, 2.05) is 30.3 Å². The van der Waals surface area contributed by atoms with Crippen molar-refractivity contribution in [2.45, 2.75) is 6.04 Å².